The largest absolute Gasteiger partial charge is 0.460 e. The second-order valence-corrected chi connectivity index (χ2v) is 10.3. The number of hydrogen-bond donors (Lipinski definition) is 1. The summed E-state index contributed by atoms with van der Waals surface area (Å²) in [5, 5.41) is 11.2. The van der Waals surface area contributed by atoms with Crippen molar-refractivity contribution in [3.05, 3.63) is 69.7 Å². The maximum absolute atomic E-state index is 13.7. The summed E-state index contributed by atoms with van der Waals surface area (Å²) in [5.41, 5.74) is 0.862. The lowest BCUT2D eigenvalue weighted by Gasteiger charge is -2.47. The Balaban J connectivity index is 2.09. The van der Waals surface area contributed by atoms with Crippen LogP contribution in [0.4, 0.5) is 0 Å². The first-order valence-electron chi connectivity index (χ1n) is 11.3. The SMILES string of the molecule is CCC(CO)N1C(=O)[C@@H](CC(=O)OC(C)(C)C)O[C@H](c2cccc(Cl)c2)[C@H]1c1ccc(Cl)cc1. The van der Waals surface area contributed by atoms with Gasteiger partial charge in [-0.15, -0.1) is 0 Å². The third-order valence-corrected chi connectivity index (χ3v) is 6.15. The number of esters is 1. The number of morpholine rings is 1. The number of hydrogen-bond acceptors (Lipinski definition) is 5. The lowest BCUT2D eigenvalue weighted by Crippen LogP contribution is -2.56. The molecule has 1 heterocycles. The van der Waals surface area contributed by atoms with Gasteiger partial charge in [-0.05, 0) is 62.6 Å². The van der Waals surface area contributed by atoms with Crippen LogP contribution >= 0.6 is 23.2 Å². The van der Waals surface area contributed by atoms with Gasteiger partial charge in [0, 0.05) is 10.0 Å². The predicted molar refractivity (Wildman–Crippen MR) is 132 cm³/mol. The van der Waals surface area contributed by atoms with E-state index in [0.717, 1.165) is 11.1 Å². The molecule has 1 unspecified atom stereocenters. The van der Waals surface area contributed by atoms with Crippen LogP contribution in [0, 0.1) is 0 Å². The average molecular weight is 508 g/mol. The number of aliphatic hydroxyl groups excluding tert-OH is 1. The van der Waals surface area contributed by atoms with Crippen molar-refractivity contribution < 1.29 is 24.2 Å². The van der Waals surface area contributed by atoms with E-state index in [2.05, 4.69) is 0 Å². The van der Waals surface area contributed by atoms with Crippen LogP contribution in [-0.2, 0) is 19.1 Å². The molecule has 184 valence electrons. The molecule has 0 saturated carbocycles. The third kappa shape index (κ3) is 6.30. The molecule has 8 heteroatoms. The fraction of sp³-hybridized carbons (Fsp3) is 0.462. The van der Waals surface area contributed by atoms with Crippen molar-refractivity contribution in [2.24, 2.45) is 0 Å². The quantitative estimate of drug-likeness (QED) is 0.500. The lowest BCUT2D eigenvalue weighted by molar-refractivity contribution is -0.188. The minimum absolute atomic E-state index is 0.228. The summed E-state index contributed by atoms with van der Waals surface area (Å²) in [6.07, 6.45) is -1.42. The highest BCUT2D eigenvalue weighted by atomic mass is 35.5. The number of amides is 1. The van der Waals surface area contributed by atoms with Crippen molar-refractivity contribution in [3.63, 3.8) is 0 Å². The number of nitrogens with zero attached hydrogens (tertiary/aromatic N) is 1. The molecular weight excluding hydrogens is 477 g/mol. The first-order valence-corrected chi connectivity index (χ1v) is 12.1. The van der Waals surface area contributed by atoms with Crippen molar-refractivity contribution in [2.75, 3.05) is 6.61 Å². The second-order valence-electron chi connectivity index (χ2n) is 9.38. The number of carbonyl (C=O) groups excluding carboxylic acids is 2. The Hall–Kier alpha value is -2.12. The molecule has 0 radical (unpaired) electrons. The molecule has 1 fully saturated rings. The maximum Gasteiger partial charge on any atom is 0.309 e. The molecule has 2 aromatic carbocycles. The van der Waals surface area contributed by atoms with Crippen LogP contribution in [0.25, 0.3) is 0 Å². The molecule has 1 aliphatic rings. The summed E-state index contributed by atoms with van der Waals surface area (Å²) < 4.78 is 11.8. The number of aliphatic hydroxyl groups is 1. The number of rotatable bonds is 7. The van der Waals surface area contributed by atoms with E-state index in [-0.39, 0.29) is 18.9 Å². The van der Waals surface area contributed by atoms with Crippen molar-refractivity contribution >= 4 is 35.1 Å². The normalized spacial score (nSPS) is 21.9. The molecule has 6 nitrogen and oxygen atoms in total. The van der Waals surface area contributed by atoms with E-state index in [1.807, 2.05) is 31.2 Å². The van der Waals surface area contributed by atoms with Gasteiger partial charge in [0.05, 0.1) is 25.1 Å². The van der Waals surface area contributed by atoms with Crippen LogP contribution in [-0.4, -0.2) is 46.2 Å². The number of carbonyl (C=O) groups is 2. The van der Waals surface area contributed by atoms with Gasteiger partial charge in [0.2, 0.25) is 0 Å². The van der Waals surface area contributed by atoms with E-state index in [0.29, 0.717) is 16.5 Å². The second kappa shape index (κ2) is 11.1. The number of ether oxygens (including phenoxy) is 2. The van der Waals surface area contributed by atoms with Gasteiger partial charge in [0.15, 0.2) is 0 Å². The highest BCUT2D eigenvalue weighted by Crippen LogP contribution is 2.44. The van der Waals surface area contributed by atoms with E-state index in [4.69, 9.17) is 32.7 Å². The highest BCUT2D eigenvalue weighted by molar-refractivity contribution is 6.30. The minimum atomic E-state index is -1.07. The zero-order chi connectivity index (χ0) is 25.0. The van der Waals surface area contributed by atoms with Gasteiger partial charge in [-0.3, -0.25) is 9.59 Å². The number of benzene rings is 2. The van der Waals surface area contributed by atoms with Crippen LogP contribution in [0.15, 0.2) is 48.5 Å². The molecule has 4 atom stereocenters. The first kappa shape index (κ1) is 26.5. The Kier molecular flexibility index (Phi) is 8.63. The predicted octanol–water partition coefficient (Wildman–Crippen LogP) is 5.51. The molecule has 1 aliphatic heterocycles. The summed E-state index contributed by atoms with van der Waals surface area (Å²) in [4.78, 5) is 28.0. The summed E-state index contributed by atoms with van der Waals surface area (Å²) >= 11 is 12.4. The number of halogens is 2. The molecule has 3 rings (SSSR count). The first-order chi connectivity index (χ1) is 16.0. The lowest BCUT2D eigenvalue weighted by atomic mass is 9.89. The highest BCUT2D eigenvalue weighted by Gasteiger charge is 2.47. The van der Waals surface area contributed by atoms with Gasteiger partial charge in [0.25, 0.3) is 5.91 Å². The Labute approximate surface area is 210 Å². The summed E-state index contributed by atoms with van der Waals surface area (Å²) in [7, 11) is 0. The van der Waals surface area contributed by atoms with Crippen LogP contribution in [0.1, 0.15) is 63.8 Å². The molecule has 2 aromatic rings. The monoisotopic (exact) mass is 507 g/mol. The van der Waals surface area contributed by atoms with E-state index < -0.39 is 35.9 Å². The van der Waals surface area contributed by atoms with Gasteiger partial charge in [-0.25, -0.2) is 0 Å². The minimum Gasteiger partial charge on any atom is -0.460 e. The summed E-state index contributed by atoms with van der Waals surface area (Å²) in [6, 6.07) is 13.4. The van der Waals surface area contributed by atoms with E-state index >= 15 is 0 Å². The zero-order valence-electron chi connectivity index (χ0n) is 19.8. The van der Waals surface area contributed by atoms with Crippen LogP contribution in [0.2, 0.25) is 10.0 Å². The smallest absolute Gasteiger partial charge is 0.309 e. The Morgan fingerprint density at radius 1 is 1.12 bits per heavy atom. The summed E-state index contributed by atoms with van der Waals surface area (Å²) in [6.45, 7) is 6.98. The van der Waals surface area contributed by atoms with Gasteiger partial charge >= 0.3 is 5.97 Å². The van der Waals surface area contributed by atoms with Gasteiger partial charge in [0.1, 0.15) is 17.8 Å². The molecule has 0 bridgehead atoms. The molecule has 34 heavy (non-hydrogen) atoms. The molecule has 1 saturated heterocycles. The van der Waals surface area contributed by atoms with E-state index in [9.17, 15) is 14.7 Å². The fourth-order valence-corrected chi connectivity index (χ4v) is 4.51. The molecule has 0 spiro atoms. The van der Waals surface area contributed by atoms with E-state index in [1.165, 1.54) is 0 Å². The van der Waals surface area contributed by atoms with E-state index in [1.54, 1.807) is 49.9 Å². The zero-order valence-corrected chi connectivity index (χ0v) is 21.3. The van der Waals surface area contributed by atoms with Crippen LogP contribution < -0.4 is 0 Å². The van der Waals surface area contributed by atoms with Gasteiger partial charge in [-0.2, -0.15) is 0 Å². The molecular formula is C26H31Cl2NO5. The van der Waals surface area contributed by atoms with Crippen molar-refractivity contribution in [1.29, 1.82) is 0 Å². The van der Waals surface area contributed by atoms with Crippen molar-refractivity contribution in [3.8, 4) is 0 Å². The van der Waals surface area contributed by atoms with Crippen LogP contribution in [0.3, 0.4) is 0 Å². The molecule has 0 aliphatic carbocycles. The molecule has 1 N–H and O–H groups in total. The van der Waals surface area contributed by atoms with Gasteiger partial charge < -0.3 is 19.5 Å². The Bertz CT molecular complexity index is 1000. The topological polar surface area (TPSA) is 76.1 Å². The maximum atomic E-state index is 13.7. The van der Waals surface area contributed by atoms with Crippen molar-refractivity contribution in [1.82, 2.24) is 4.90 Å². The van der Waals surface area contributed by atoms with Gasteiger partial charge in [-0.1, -0.05) is 54.4 Å². The third-order valence-electron chi connectivity index (χ3n) is 5.66. The molecule has 1 amide bonds. The molecule has 0 aromatic heterocycles. The van der Waals surface area contributed by atoms with Crippen molar-refractivity contribution in [2.45, 2.75) is 70.4 Å². The standard InChI is InChI=1S/C26H31Cl2NO5/c1-5-20(15-30)29-23(16-9-11-18(27)12-10-16)24(17-7-6-8-19(28)13-17)33-21(25(29)32)14-22(31)34-26(2,3)4/h6-13,20-21,23-24,30H,5,14-15H2,1-4H3/t20?,21-,23-,24-/m1/s1. The Morgan fingerprint density at radius 2 is 1.79 bits per heavy atom. The Morgan fingerprint density at radius 3 is 2.35 bits per heavy atom. The van der Waals surface area contributed by atoms with Crippen LogP contribution in [0.5, 0.6) is 0 Å². The summed E-state index contributed by atoms with van der Waals surface area (Å²) in [5.74, 6) is -0.900. The fourth-order valence-electron chi connectivity index (χ4n) is 4.19. The average Bonchev–Trinajstić information content (AvgIpc) is 2.76.